The molecule has 0 saturated carbocycles. The Morgan fingerprint density at radius 2 is 1.75 bits per heavy atom. The number of aliphatic hydroxyl groups excluding tert-OH is 5. The highest BCUT2D eigenvalue weighted by Gasteiger charge is 2.44. The van der Waals surface area contributed by atoms with Crippen LogP contribution in [0.2, 0.25) is 0 Å². The van der Waals surface area contributed by atoms with E-state index < -0.39 is 37.3 Å². The molecule has 1 aliphatic heterocycles. The van der Waals surface area contributed by atoms with Crippen molar-refractivity contribution in [2.24, 2.45) is 0 Å². The quantitative estimate of drug-likeness (QED) is 0.306. The van der Waals surface area contributed by atoms with Crippen LogP contribution < -0.4 is 0 Å². The second-order valence-corrected chi connectivity index (χ2v) is 2.72. The third-order valence-electron chi connectivity index (χ3n) is 1.84. The molecule has 72 valence electrons. The van der Waals surface area contributed by atoms with Crippen LogP contribution in [0.4, 0.5) is 0 Å². The Labute approximate surface area is 68.6 Å². The van der Waals surface area contributed by atoms with Gasteiger partial charge in [0, 0.05) is 0 Å². The molecule has 6 nitrogen and oxygen atoms in total. The average Bonchev–Trinajstić information content (AvgIpc) is 2.32. The normalized spacial score (nSPS) is 44.8. The van der Waals surface area contributed by atoms with E-state index in [2.05, 4.69) is 4.74 Å². The van der Waals surface area contributed by atoms with Crippen LogP contribution in [0.15, 0.2) is 0 Å². The number of ether oxygens (including phenoxy) is 1. The molecule has 6 heteroatoms. The maximum absolute atomic E-state index is 9.12. The van der Waals surface area contributed by atoms with Gasteiger partial charge in [0.15, 0.2) is 6.29 Å². The van der Waals surface area contributed by atoms with Gasteiger partial charge in [-0.2, -0.15) is 0 Å². The van der Waals surface area contributed by atoms with Crippen LogP contribution in [0.3, 0.4) is 0 Å². The summed E-state index contributed by atoms with van der Waals surface area (Å²) < 4.78 is 4.58. The molecule has 0 aromatic rings. The summed E-state index contributed by atoms with van der Waals surface area (Å²) in [5, 5.41) is 44.4. The average molecular weight is 180 g/mol. The van der Waals surface area contributed by atoms with Gasteiger partial charge in [0.05, 0.1) is 6.61 Å². The van der Waals surface area contributed by atoms with E-state index in [1.54, 1.807) is 0 Å². The summed E-state index contributed by atoms with van der Waals surface area (Å²) >= 11 is 0. The van der Waals surface area contributed by atoms with E-state index in [1.165, 1.54) is 0 Å². The number of hydrogen-bond donors (Lipinski definition) is 5. The number of hydrogen-bond acceptors (Lipinski definition) is 6. The molecular weight excluding hydrogens is 168 g/mol. The zero-order chi connectivity index (χ0) is 9.30. The van der Waals surface area contributed by atoms with E-state index in [4.69, 9.17) is 25.5 Å². The van der Waals surface area contributed by atoms with Crippen molar-refractivity contribution in [3.63, 3.8) is 0 Å². The standard InChI is InChI=1S/C6H12O6/c7-1-2(8)5-3(9)4(10)6(11)12-5/h2-11H,1H2/t2-,3+,4-,5-,6+/m0/s1. The molecule has 12 heavy (non-hydrogen) atoms. The second kappa shape index (κ2) is 3.65. The first kappa shape index (κ1) is 9.85. The molecule has 1 rings (SSSR count). The van der Waals surface area contributed by atoms with Gasteiger partial charge in [0.25, 0.3) is 0 Å². The van der Waals surface area contributed by atoms with Crippen molar-refractivity contribution in [1.29, 1.82) is 0 Å². The Hall–Kier alpha value is -0.240. The van der Waals surface area contributed by atoms with Crippen LogP contribution in [0, 0.1) is 0 Å². The van der Waals surface area contributed by atoms with Crippen LogP contribution >= 0.6 is 0 Å². The van der Waals surface area contributed by atoms with E-state index in [1.807, 2.05) is 0 Å². The topological polar surface area (TPSA) is 110 Å². The maximum atomic E-state index is 9.12. The highest BCUT2D eigenvalue weighted by Crippen LogP contribution is 2.21. The monoisotopic (exact) mass is 180 g/mol. The molecular formula is C6H12O6. The molecule has 0 radical (unpaired) electrons. The molecule has 5 atom stereocenters. The molecule has 0 aliphatic carbocycles. The van der Waals surface area contributed by atoms with Crippen molar-refractivity contribution in [2.45, 2.75) is 30.7 Å². The van der Waals surface area contributed by atoms with Gasteiger partial charge in [-0.1, -0.05) is 0 Å². The van der Waals surface area contributed by atoms with E-state index in [-0.39, 0.29) is 0 Å². The fraction of sp³-hybridized carbons (Fsp3) is 1.00. The summed E-state index contributed by atoms with van der Waals surface area (Å²) in [6.45, 7) is -0.596. The number of rotatable bonds is 2. The molecule has 1 fully saturated rings. The lowest BCUT2D eigenvalue weighted by Gasteiger charge is -2.18. The minimum atomic E-state index is -1.51. The van der Waals surface area contributed by atoms with Gasteiger partial charge in [0.1, 0.15) is 24.4 Å². The summed E-state index contributed by atoms with van der Waals surface area (Å²) in [5.41, 5.74) is 0. The summed E-state index contributed by atoms with van der Waals surface area (Å²) in [6, 6.07) is 0. The molecule has 1 aliphatic rings. The fourth-order valence-corrected chi connectivity index (χ4v) is 1.11. The molecule has 0 aromatic heterocycles. The summed E-state index contributed by atoms with van der Waals surface area (Å²) in [6.07, 6.45) is -6.75. The SMILES string of the molecule is OC[C@H](O)[C@@H]1O[C@@H](O)[C@@H](O)[C@H]1O. The lowest BCUT2D eigenvalue weighted by molar-refractivity contribution is -0.150. The van der Waals surface area contributed by atoms with Crippen molar-refractivity contribution < 1.29 is 30.3 Å². The smallest absolute Gasteiger partial charge is 0.184 e. The summed E-state index contributed by atoms with van der Waals surface area (Å²) in [7, 11) is 0. The second-order valence-electron chi connectivity index (χ2n) is 2.72. The van der Waals surface area contributed by atoms with Gasteiger partial charge in [-0.05, 0) is 0 Å². The molecule has 0 unspecified atom stereocenters. The van der Waals surface area contributed by atoms with Crippen LogP contribution in [-0.2, 0) is 4.74 Å². The van der Waals surface area contributed by atoms with Crippen molar-refractivity contribution in [3.8, 4) is 0 Å². The number of aliphatic hydroxyl groups is 5. The zero-order valence-electron chi connectivity index (χ0n) is 6.24. The molecule has 0 aromatic carbocycles. The lowest BCUT2D eigenvalue weighted by atomic mass is 10.1. The minimum absolute atomic E-state index is 0.596. The summed E-state index contributed by atoms with van der Waals surface area (Å²) in [5.74, 6) is 0. The van der Waals surface area contributed by atoms with Gasteiger partial charge in [0.2, 0.25) is 0 Å². The first-order valence-electron chi connectivity index (χ1n) is 3.56. The van der Waals surface area contributed by atoms with Crippen LogP contribution in [0.1, 0.15) is 0 Å². The zero-order valence-corrected chi connectivity index (χ0v) is 6.24. The minimum Gasteiger partial charge on any atom is -0.394 e. The van der Waals surface area contributed by atoms with E-state index in [0.29, 0.717) is 0 Å². The Bertz CT molecular complexity index is 151. The molecule has 5 N–H and O–H groups in total. The van der Waals surface area contributed by atoms with Crippen LogP contribution in [-0.4, -0.2) is 62.8 Å². The lowest BCUT2D eigenvalue weighted by Crippen LogP contribution is -2.40. The molecule has 1 heterocycles. The van der Waals surface area contributed by atoms with Crippen molar-refractivity contribution >= 4 is 0 Å². The highest BCUT2D eigenvalue weighted by molar-refractivity contribution is 4.89. The van der Waals surface area contributed by atoms with E-state index in [0.717, 1.165) is 0 Å². The molecule has 0 bridgehead atoms. The third-order valence-corrected chi connectivity index (χ3v) is 1.84. The van der Waals surface area contributed by atoms with Crippen LogP contribution in [0.5, 0.6) is 0 Å². The van der Waals surface area contributed by atoms with Crippen molar-refractivity contribution in [1.82, 2.24) is 0 Å². The van der Waals surface area contributed by atoms with Gasteiger partial charge < -0.3 is 30.3 Å². The van der Waals surface area contributed by atoms with Crippen molar-refractivity contribution in [3.05, 3.63) is 0 Å². The van der Waals surface area contributed by atoms with Crippen molar-refractivity contribution in [2.75, 3.05) is 6.61 Å². The van der Waals surface area contributed by atoms with Gasteiger partial charge in [-0.3, -0.25) is 0 Å². The Balaban J connectivity index is 2.58. The molecule has 0 amide bonds. The van der Waals surface area contributed by atoms with E-state index in [9.17, 15) is 0 Å². The van der Waals surface area contributed by atoms with Gasteiger partial charge in [-0.25, -0.2) is 0 Å². The Morgan fingerprint density at radius 3 is 2.08 bits per heavy atom. The van der Waals surface area contributed by atoms with Gasteiger partial charge in [-0.15, -0.1) is 0 Å². The van der Waals surface area contributed by atoms with Crippen LogP contribution in [0.25, 0.3) is 0 Å². The third kappa shape index (κ3) is 1.58. The van der Waals surface area contributed by atoms with E-state index >= 15 is 0 Å². The first-order valence-corrected chi connectivity index (χ1v) is 3.56. The first-order chi connectivity index (χ1) is 5.57. The molecule has 1 saturated heterocycles. The fourth-order valence-electron chi connectivity index (χ4n) is 1.11. The Morgan fingerprint density at radius 1 is 1.17 bits per heavy atom. The largest absolute Gasteiger partial charge is 0.394 e. The predicted octanol–water partition coefficient (Wildman–Crippen LogP) is -3.22. The Kier molecular flexibility index (Phi) is 2.99. The predicted molar refractivity (Wildman–Crippen MR) is 36.0 cm³/mol. The maximum Gasteiger partial charge on any atom is 0.184 e. The van der Waals surface area contributed by atoms with Gasteiger partial charge >= 0.3 is 0 Å². The highest BCUT2D eigenvalue weighted by atomic mass is 16.6. The summed E-state index contributed by atoms with van der Waals surface area (Å²) in [4.78, 5) is 0. The molecule has 0 spiro atoms.